The number of ether oxygens (including phenoxy) is 3. The summed E-state index contributed by atoms with van der Waals surface area (Å²) in [5.41, 5.74) is 2.09. The highest BCUT2D eigenvalue weighted by molar-refractivity contribution is 7.99. The molecule has 0 spiro atoms. The second-order valence-electron chi connectivity index (χ2n) is 10.2. The number of amides is 2. The molecule has 10 heteroatoms. The zero-order valence-electron chi connectivity index (χ0n) is 24.4. The summed E-state index contributed by atoms with van der Waals surface area (Å²) in [4.78, 5) is 39.1. The Morgan fingerprint density at radius 2 is 1.51 bits per heavy atom. The molecule has 1 aliphatic carbocycles. The molecule has 1 N–H and O–H groups in total. The Bertz CT molecular complexity index is 1340. The molecule has 1 saturated carbocycles. The SMILES string of the molecule is COc1ccc(CN(C(=O)CSc2nc(C)cc(C)n2)C2(C(=O)Nc3ccc(OC)cc3OC)CCCCC2)cc1. The summed E-state index contributed by atoms with van der Waals surface area (Å²) in [5.74, 6) is 1.57. The molecule has 0 unspecified atom stereocenters. The van der Waals surface area contributed by atoms with Gasteiger partial charge in [0.1, 0.15) is 22.8 Å². The highest BCUT2D eigenvalue weighted by Gasteiger charge is 2.47. The van der Waals surface area contributed by atoms with Crippen molar-refractivity contribution in [3.8, 4) is 17.2 Å². The Morgan fingerprint density at radius 3 is 2.12 bits per heavy atom. The number of rotatable bonds is 11. The van der Waals surface area contributed by atoms with Gasteiger partial charge in [-0.15, -0.1) is 0 Å². The number of thioether (sulfide) groups is 1. The minimum absolute atomic E-state index is 0.111. The molecule has 0 radical (unpaired) electrons. The van der Waals surface area contributed by atoms with Crippen molar-refractivity contribution < 1.29 is 23.8 Å². The largest absolute Gasteiger partial charge is 0.497 e. The quantitative estimate of drug-likeness (QED) is 0.232. The van der Waals surface area contributed by atoms with Crippen LogP contribution in [0.5, 0.6) is 17.2 Å². The van der Waals surface area contributed by atoms with E-state index in [1.165, 1.54) is 11.8 Å². The second-order valence-corrected chi connectivity index (χ2v) is 11.1. The summed E-state index contributed by atoms with van der Waals surface area (Å²) in [6, 6.07) is 14.8. The van der Waals surface area contributed by atoms with Crippen molar-refractivity contribution in [2.45, 2.75) is 63.2 Å². The Hall–Kier alpha value is -3.79. The average molecular weight is 579 g/mol. The van der Waals surface area contributed by atoms with Gasteiger partial charge in [-0.05, 0) is 62.6 Å². The molecule has 0 atom stereocenters. The number of carbonyl (C=O) groups excluding carboxylic acids is 2. The second kappa shape index (κ2) is 13.7. The molecule has 2 amide bonds. The van der Waals surface area contributed by atoms with Crippen molar-refractivity contribution in [3.05, 3.63) is 65.5 Å². The van der Waals surface area contributed by atoms with Crippen LogP contribution in [-0.2, 0) is 16.1 Å². The first kappa shape index (κ1) is 30.2. The van der Waals surface area contributed by atoms with Crippen molar-refractivity contribution in [3.63, 3.8) is 0 Å². The van der Waals surface area contributed by atoms with Gasteiger partial charge in [0.2, 0.25) is 11.8 Å². The fourth-order valence-electron chi connectivity index (χ4n) is 5.25. The number of hydrogen-bond acceptors (Lipinski definition) is 8. The molecular weight excluding hydrogens is 540 g/mol. The maximum Gasteiger partial charge on any atom is 0.250 e. The maximum atomic E-state index is 14.3. The van der Waals surface area contributed by atoms with Gasteiger partial charge in [-0.3, -0.25) is 9.59 Å². The van der Waals surface area contributed by atoms with Gasteiger partial charge in [-0.2, -0.15) is 0 Å². The Morgan fingerprint density at radius 1 is 0.878 bits per heavy atom. The Labute approximate surface area is 246 Å². The first-order valence-corrected chi connectivity index (χ1v) is 14.7. The van der Waals surface area contributed by atoms with Crippen LogP contribution in [0.1, 0.15) is 49.1 Å². The van der Waals surface area contributed by atoms with Crippen LogP contribution in [0.25, 0.3) is 0 Å². The molecule has 1 aromatic heterocycles. The van der Waals surface area contributed by atoms with Crippen LogP contribution in [0.15, 0.2) is 53.7 Å². The molecule has 0 aliphatic heterocycles. The lowest BCUT2D eigenvalue weighted by Gasteiger charge is -2.45. The molecule has 0 bridgehead atoms. The van der Waals surface area contributed by atoms with E-state index in [1.807, 2.05) is 44.2 Å². The number of anilines is 1. The summed E-state index contributed by atoms with van der Waals surface area (Å²) in [6.07, 6.45) is 3.81. The number of aromatic nitrogens is 2. The van der Waals surface area contributed by atoms with Crippen molar-refractivity contribution in [2.24, 2.45) is 0 Å². The number of aryl methyl sites for hydroxylation is 2. The van der Waals surface area contributed by atoms with E-state index in [-0.39, 0.29) is 24.1 Å². The lowest BCUT2D eigenvalue weighted by Crippen LogP contribution is -2.60. The van der Waals surface area contributed by atoms with E-state index in [0.717, 1.165) is 42.0 Å². The standard InChI is InChI=1S/C31H38N4O5S/c1-21-17-22(2)33-30(32-21)41-20-28(36)35(19-23-9-11-24(38-3)12-10-23)31(15-7-6-8-16-31)29(37)34-26-14-13-25(39-4)18-27(26)40-5/h9-14,17-18H,6-8,15-16,19-20H2,1-5H3,(H,34,37). The Kier molecular flexibility index (Phi) is 10.1. The van der Waals surface area contributed by atoms with E-state index in [2.05, 4.69) is 15.3 Å². The highest BCUT2D eigenvalue weighted by Crippen LogP contribution is 2.38. The van der Waals surface area contributed by atoms with Crippen LogP contribution in [0.4, 0.5) is 5.69 Å². The van der Waals surface area contributed by atoms with E-state index in [4.69, 9.17) is 14.2 Å². The van der Waals surface area contributed by atoms with Crippen LogP contribution < -0.4 is 19.5 Å². The van der Waals surface area contributed by atoms with E-state index in [1.54, 1.807) is 44.4 Å². The lowest BCUT2D eigenvalue weighted by molar-refractivity contribution is -0.146. The minimum atomic E-state index is -1.04. The number of methoxy groups -OCH3 is 3. The average Bonchev–Trinajstić information content (AvgIpc) is 2.99. The van der Waals surface area contributed by atoms with E-state index < -0.39 is 5.54 Å². The molecule has 1 heterocycles. The third-order valence-corrected chi connectivity index (χ3v) is 8.20. The lowest BCUT2D eigenvalue weighted by atomic mass is 9.79. The third kappa shape index (κ3) is 7.30. The van der Waals surface area contributed by atoms with Crippen LogP contribution in [0, 0.1) is 13.8 Å². The van der Waals surface area contributed by atoms with Crippen molar-refractivity contribution in [1.29, 1.82) is 0 Å². The van der Waals surface area contributed by atoms with Crippen LogP contribution in [0.3, 0.4) is 0 Å². The van der Waals surface area contributed by atoms with Crippen LogP contribution in [-0.4, -0.2) is 59.3 Å². The van der Waals surface area contributed by atoms with Gasteiger partial charge >= 0.3 is 0 Å². The van der Waals surface area contributed by atoms with Gasteiger partial charge in [0, 0.05) is 24.0 Å². The summed E-state index contributed by atoms with van der Waals surface area (Å²) >= 11 is 1.29. The van der Waals surface area contributed by atoms with Gasteiger partial charge in [-0.25, -0.2) is 9.97 Å². The molecule has 0 saturated heterocycles. The van der Waals surface area contributed by atoms with Gasteiger partial charge in [-0.1, -0.05) is 43.2 Å². The molecule has 2 aromatic carbocycles. The number of carbonyl (C=O) groups is 2. The summed E-state index contributed by atoms with van der Waals surface area (Å²) in [7, 11) is 4.74. The number of nitrogens with zero attached hydrogens (tertiary/aromatic N) is 3. The highest BCUT2D eigenvalue weighted by atomic mass is 32.2. The van der Waals surface area contributed by atoms with Crippen molar-refractivity contribution in [1.82, 2.24) is 14.9 Å². The summed E-state index contributed by atoms with van der Waals surface area (Å²) < 4.78 is 16.2. The third-order valence-electron chi connectivity index (χ3n) is 7.36. The van der Waals surface area contributed by atoms with Gasteiger partial charge < -0.3 is 24.4 Å². The summed E-state index contributed by atoms with van der Waals surface area (Å²) in [5, 5.41) is 3.63. The summed E-state index contributed by atoms with van der Waals surface area (Å²) in [6.45, 7) is 4.10. The molecule has 4 rings (SSSR count). The zero-order chi connectivity index (χ0) is 29.4. The van der Waals surface area contributed by atoms with E-state index >= 15 is 0 Å². The number of hydrogen-bond donors (Lipinski definition) is 1. The zero-order valence-corrected chi connectivity index (χ0v) is 25.2. The molecule has 1 aliphatic rings. The number of benzene rings is 2. The Balaban J connectivity index is 1.68. The fourth-order valence-corrected chi connectivity index (χ4v) is 6.08. The molecule has 41 heavy (non-hydrogen) atoms. The first-order chi connectivity index (χ1) is 19.8. The maximum absolute atomic E-state index is 14.3. The molecular formula is C31H38N4O5S. The van der Waals surface area contributed by atoms with Crippen molar-refractivity contribution >= 4 is 29.3 Å². The van der Waals surface area contributed by atoms with E-state index in [0.29, 0.717) is 35.2 Å². The number of nitrogens with one attached hydrogen (secondary N) is 1. The molecule has 1 fully saturated rings. The van der Waals surface area contributed by atoms with E-state index in [9.17, 15) is 9.59 Å². The van der Waals surface area contributed by atoms with Gasteiger partial charge in [0.25, 0.3) is 0 Å². The predicted octanol–water partition coefficient (Wildman–Crippen LogP) is 5.58. The normalized spacial score (nSPS) is 14.2. The van der Waals surface area contributed by atoms with Crippen molar-refractivity contribution in [2.75, 3.05) is 32.4 Å². The van der Waals surface area contributed by atoms with Gasteiger partial charge in [0.15, 0.2) is 5.16 Å². The monoisotopic (exact) mass is 578 g/mol. The fraction of sp³-hybridized carbons (Fsp3) is 0.419. The van der Waals surface area contributed by atoms with Crippen LogP contribution in [0.2, 0.25) is 0 Å². The van der Waals surface area contributed by atoms with Gasteiger partial charge in [0.05, 0.1) is 32.8 Å². The molecule has 9 nitrogen and oxygen atoms in total. The minimum Gasteiger partial charge on any atom is -0.497 e. The molecule has 3 aromatic rings. The van der Waals surface area contributed by atoms with Crippen LogP contribution >= 0.6 is 11.8 Å². The predicted molar refractivity (Wildman–Crippen MR) is 160 cm³/mol. The molecule has 218 valence electrons. The topological polar surface area (TPSA) is 103 Å². The smallest absolute Gasteiger partial charge is 0.250 e. The first-order valence-electron chi connectivity index (χ1n) is 13.7.